The summed E-state index contributed by atoms with van der Waals surface area (Å²) in [5.41, 5.74) is 1.62. The van der Waals surface area contributed by atoms with Crippen LogP contribution in [0, 0.1) is 6.92 Å². The van der Waals surface area contributed by atoms with Gasteiger partial charge in [0.1, 0.15) is 10.9 Å². The Morgan fingerprint density at radius 3 is 2.67 bits per heavy atom. The predicted octanol–water partition coefficient (Wildman–Crippen LogP) is 1.48. The second-order valence-electron chi connectivity index (χ2n) is 5.34. The molecule has 6 nitrogen and oxygen atoms in total. The van der Waals surface area contributed by atoms with Gasteiger partial charge in [0.25, 0.3) is 0 Å². The molecule has 2 rings (SSSR count). The second kappa shape index (κ2) is 5.96. The van der Waals surface area contributed by atoms with Crippen molar-refractivity contribution in [2.75, 3.05) is 18.1 Å². The molecule has 1 unspecified atom stereocenters. The maximum Gasteiger partial charge on any atom is 0.238 e. The number of sulfone groups is 1. The normalized spacial score (nSPS) is 19.2. The van der Waals surface area contributed by atoms with Gasteiger partial charge < -0.3 is 4.90 Å². The number of aryl methyl sites for hydroxylation is 2. The first-order valence-corrected chi connectivity index (χ1v) is 9.15. The Labute approximate surface area is 130 Å². The van der Waals surface area contributed by atoms with Gasteiger partial charge in [0.15, 0.2) is 9.84 Å². The molecule has 1 fully saturated rings. The van der Waals surface area contributed by atoms with Crippen molar-refractivity contribution in [3.63, 3.8) is 0 Å². The van der Waals surface area contributed by atoms with Gasteiger partial charge in [-0.3, -0.25) is 9.48 Å². The third kappa shape index (κ3) is 3.23. The lowest BCUT2D eigenvalue weighted by Crippen LogP contribution is -2.36. The van der Waals surface area contributed by atoms with Gasteiger partial charge >= 0.3 is 0 Å². The number of likely N-dealkylation sites (tertiary alicyclic amines) is 1. The van der Waals surface area contributed by atoms with Crippen molar-refractivity contribution in [1.29, 1.82) is 0 Å². The molecule has 8 heteroatoms. The molecule has 1 aromatic rings. The van der Waals surface area contributed by atoms with Gasteiger partial charge in [0, 0.05) is 24.9 Å². The predicted molar refractivity (Wildman–Crippen MR) is 81.0 cm³/mol. The molecule has 2 heterocycles. The first kappa shape index (κ1) is 16.3. The average molecular weight is 334 g/mol. The zero-order valence-electron chi connectivity index (χ0n) is 12.5. The molecule has 0 aliphatic carbocycles. The third-order valence-electron chi connectivity index (χ3n) is 3.89. The van der Waals surface area contributed by atoms with Crippen LogP contribution >= 0.6 is 11.6 Å². The van der Waals surface area contributed by atoms with Crippen molar-refractivity contribution < 1.29 is 13.2 Å². The highest BCUT2D eigenvalue weighted by Gasteiger charge is 2.35. The quantitative estimate of drug-likeness (QED) is 0.836. The molecule has 1 aliphatic heterocycles. The van der Waals surface area contributed by atoms with E-state index in [1.807, 2.05) is 6.92 Å². The number of amides is 1. The van der Waals surface area contributed by atoms with Gasteiger partial charge in [-0.25, -0.2) is 8.42 Å². The van der Waals surface area contributed by atoms with Crippen LogP contribution in [0.1, 0.15) is 37.1 Å². The Bertz CT molecular complexity index is 654. The molecule has 1 aliphatic rings. The van der Waals surface area contributed by atoms with Crippen molar-refractivity contribution in [1.82, 2.24) is 14.7 Å². The minimum atomic E-state index is -3.32. The van der Waals surface area contributed by atoms with E-state index in [0.717, 1.165) is 24.1 Å². The maximum atomic E-state index is 12.3. The number of halogens is 1. The highest BCUT2D eigenvalue weighted by atomic mass is 35.5. The van der Waals surface area contributed by atoms with Crippen molar-refractivity contribution in [2.24, 2.45) is 7.05 Å². The zero-order valence-corrected chi connectivity index (χ0v) is 14.0. The maximum absolute atomic E-state index is 12.3. The van der Waals surface area contributed by atoms with Crippen LogP contribution in [0.15, 0.2) is 0 Å². The van der Waals surface area contributed by atoms with Gasteiger partial charge in [-0.05, 0) is 19.8 Å². The van der Waals surface area contributed by atoms with Gasteiger partial charge in [0.2, 0.25) is 5.91 Å². The van der Waals surface area contributed by atoms with Crippen LogP contribution in [0.4, 0.5) is 0 Å². The van der Waals surface area contributed by atoms with Crippen LogP contribution in [-0.4, -0.2) is 47.1 Å². The summed E-state index contributed by atoms with van der Waals surface area (Å²) in [7, 11) is -1.57. The summed E-state index contributed by atoms with van der Waals surface area (Å²) < 4.78 is 24.9. The van der Waals surface area contributed by atoms with E-state index < -0.39 is 15.6 Å². The van der Waals surface area contributed by atoms with E-state index in [4.69, 9.17) is 11.6 Å². The standard InChI is InChI=1S/C13H20ClN3O3S/c1-4-21(19,20)8-11(18)17-7-5-6-10(17)12-9(2)15-16(3)13(12)14/h10H,4-8H2,1-3H3. The van der Waals surface area contributed by atoms with Crippen LogP contribution in [0.3, 0.4) is 0 Å². The summed E-state index contributed by atoms with van der Waals surface area (Å²) in [6.07, 6.45) is 1.62. The second-order valence-corrected chi connectivity index (χ2v) is 8.05. The molecule has 1 saturated heterocycles. The molecule has 0 aromatic carbocycles. The summed E-state index contributed by atoms with van der Waals surface area (Å²) in [5, 5.41) is 4.78. The zero-order chi connectivity index (χ0) is 15.8. The van der Waals surface area contributed by atoms with Gasteiger partial charge in [0.05, 0.1) is 11.7 Å². The number of rotatable bonds is 4. The van der Waals surface area contributed by atoms with E-state index in [2.05, 4.69) is 5.10 Å². The number of aromatic nitrogens is 2. The number of carbonyl (C=O) groups is 1. The molecule has 0 bridgehead atoms. The minimum Gasteiger partial charge on any atom is -0.335 e. The Morgan fingerprint density at radius 2 is 2.14 bits per heavy atom. The highest BCUT2D eigenvalue weighted by Crippen LogP contribution is 2.37. The van der Waals surface area contributed by atoms with E-state index in [-0.39, 0.29) is 17.7 Å². The lowest BCUT2D eigenvalue weighted by atomic mass is 10.1. The lowest BCUT2D eigenvalue weighted by Gasteiger charge is -2.25. The van der Waals surface area contributed by atoms with E-state index >= 15 is 0 Å². The average Bonchev–Trinajstić information content (AvgIpc) is 2.95. The van der Waals surface area contributed by atoms with E-state index in [0.29, 0.717) is 11.7 Å². The number of nitrogens with zero attached hydrogens (tertiary/aromatic N) is 3. The number of carbonyl (C=O) groups excluding carboxylic acids is 1. The first-order chi connectivity index (χ1) is 9.76. The monoisotopic (exact) mass is 333 g/mol. The van der Waals surface area contributed by atoms with Crippen LogP contribution in [0.5, 0.6) is 0 Å². The largest absolute Gasteiger partial charge is 0.335 e. The Kier molecular flexibility index (Phi) is 4.63. The van der Waals surface area contributed by atoms with Gasteiger partial charge in [-0.15, -0.1) is 0 Å². The molecule has 118 valence electrons. The third-order valence-corrected chi connectivity index (χ3v) is 5.90. The fourth-order valence-corrected chi connectivity index (χ4v) is 3.81. The molecule has 0 spiro atoms. The van der Waals surface area contributed by atoms with E-state index in [1.165, 1.54) is 0 Å². The molecular weight excluding hydrogens is 314 g/mol. The molecule has 1 atom stereocenters. The summed E-state index contributed by atoms with van der Waals surface area (Å²) in [6.45, 7) is 3.96. The van der Waals surface area contributed by atoms with E-state index in [1.54, 1.807) is 23.6 Å². The summed E-state index contributed by atoms with van der Waals surface area (Å²) >= 11 is 6.27. The smallest absolute Gasteiger partial charge is 0.238 e. The van der Waals surface area contributed by atoms with E-state index in [9.17, 15) is 13.2 Å². The molecule has 0 radical (unpaired) electrons. The molecule has 21 heavy (non-hydrogen) atoms. The summed E-state index contributed by atoms with van der Waals surface area (Å²) in [4.78, 5) is 13.9. The molecule has 0 N–H and O–H groups in total. The molecule has 1 aromatic heterocycles. The first-order valence-electron chi connectivity index (χ1n) is 6.95. The molecular formula is C13H20ClN3O3S. The topological polar surface area (TPSA) is 72.3 Å². The molecule has 0 saturated carbocycles. The van der Waals surface area contributed by atoms with Crippen LogP contribution in [-0.2, 0) is 21.7 Å². The molecule has 1 amide bonds. The van der Waals surface area contributed by atoms with Crippen molar-refractivity contribution >= 4 is 27.3 Å². The number of hydrogen-bond acceptors (Lipinski definition) is 4. The van der Waals surface area contributed by atoms with Gasteiger partial charge in [-0.2, -0.15) is 5.10 Å². The lowest BCUT2D eigenvalue weighted by molar-refractivity contribution is -0.129. The Morgan fingerprint density at radius 1 is 1.48 bits per heavy atom. The SMILES string of the molecule is CCS(=O)(=O)CC(=O)N1CCCC1c1c(C)nn(C)c1Cl. The van der Waals surface area contributed by atoms with Crippen LogP contribution in [0.2, 0.25) is 5.15 Å². The van der Waals surface area contributed by atoms with Crippen molar-refractivity contribution in [2.45, 2.75) is 32.7 Å². The fraction of sp³-hybridized carbons (Fsp3) is 0.692. The fourth-order valence-electron chi connectivity index (χ4n) is 2.76. The Balaban J connectivity index is 2.27. The summed E-state index contributed by atoms with van der Waals surface area (Å²) in [6, 6.07) is -0.175. The minimum absolute atomic E-state index is 0.0239. The Hall–Kier alpha value is -1.08. The van der Waals surface area contributed by atoms with Crippen LogP contribution < -0.4 is 0 Å². The summed E-state index contributed by atoms with van der Waals surface area (Å²) in [5.74, 6) is -0.806. The van der Waals surface area contributed by atoms with Crippen LogP contribution in [0.25, 0.3) is 0 Å². The van der Waals surface area contributed by atoms with Crippen molar-refractivity contribution in [3.05, 3.63) is 16.4 Å². The number of hydrogen-bond donors (Lipinski definition) is 0. The van der Waals surface area contributed by atoms with Gasteiger partial charge in [-0.1, -0.05) is 18.5 Å². The highest BCUT2D eigenvalue weighted by molar-refractivity contribution is 7.92. The van der Waals surface area contributed by atoms with Crippen molar-refractivity contribution in [3.8, 4) is 0 Å².